The van der Waals surface area contributed by atoms with Crippen LogP contribution in [0.2, 0.25) is 0 Å². The molecule has 0 aliphatic carbocycles. The number of aromatic nitrogens is 1. The van der Waals surface area contributed by atoms with Gasteiger partial charge in [0, 0.05) is 13.7 Å². The Morgan fingerprint density at radius 3 is 3.00 bits per heavy atom. The minimum Gasteiger partial charge on any atom is -0.477 e. The molecule has 1 aromatic rings. The van der Waals surface area contributed by atoms with Crippen molar-refractivity contribution in [3.05, 3.63) is 23.9 Å². The van der Waals surface area contributed by atoms with Gasteiger partial charge in [0.05, 0.1) is 12.7 Å². The molecular formula is C10H14N2O4. The van der Waals surface area contributed by atoms with Gasteiger partial charge in [0.15, 0.2) is 5.69 Å². The zero-order chi connectivity index (χ0) is 12.0. The fourth-order valence-electron chi connectivity index (χ4n) is 1.13. The molecule has 0 aromatic carbocycles. The van der Waals surface area contributed by atoms with Gasteiger partial charge in [-0.05, 0) is 12.1 Å². The number of nitrogens with zero attached hydrogens (tertiary/aromatic N) is 1. The van der Waals surface area contributed by atoms with E-state index >= 15 is 0 Å². The summed E-state index contributed by atoms with van der Waals surface area (Å²) in [4.78, 5) is 14.5. The maximum Gasteiger partial charge on any atom is 0.354 e. The molecular weight excluding hydrogens is 212 g/mol. The fraction of sp³-hybridized carbons (Fsp3) is 0.400. The Morgan fingerprint density at radius 2 is 2.38 bits per heavy atom. The molecule has 88 valence electrons. The molecule has 0 amide bonds. The number of ether oxygens (including phenoxy) is 1. The van der Waals surface area contributed by atoms with Gasteiger partial charge in [-0.3, -0.25) is 0 Å². The van der Waals surface area contributed by atoms with Gasteiger partial charge in [0.25, 0.3) is 0 Å². The lowest BCUT2D eigenvalue weighted by Gasteiger charge is -2.11. The Balaban J connectivity index is 2.54. The van der Waals surface area contributed by atoms with E-state index in [2.05, 4.69) is 10.3 Å². The smallest absolute Gasteiger partial charge is 0.354 e. The number of rotatable bonds is 6. The lowest BCUT2D eigenvalue weighted by Crippen LogP contribution is -2.24. The van der Waals surface area contributed by atoms with E-state index in [1.165, 1.54) is 13.2 Å². The summed E-state index contributed by atoms with van der Waals surface area (Å²) in [5, 5.41) is 20.9. The highest BCUT2D eigenvalue weighted by atomic mass is 16.5. The molecule has 0 aliphatic heterocycles. The Hall–Kier alpha value is -1.66. The zero-order valence-corrected chi connectivity index (χ0v) is 8.88. The van der Waals surface area contributed by atoms with Gasteiger partial charge in [-0.15, -0.1) is 0 Å². The second-order valence-corrected chi connectivity index (χ2v) is 3.20. The SMILES string of the molecule is COCC(O)CNc1cccc(C(=O)O)n1. The number of carboxylic acid groups (broad SMARTS) is 1. The summed E-state index contributed by atoms with van der Waals surface area (Å²) < 4.78 is 4.75. The molecule has 0 spiro atoms. The summed E-state index contributed by atoms with van der Waals surface area (Å²) in [6, 6.07) is 4.62. The van der Waals surface area contributed by atoms with Gasteiger partial charge in [-0.2, -0.15) is 0 Å². The predicted molar refractivity (Wildman–Crippen MR) is 57.6 cm³/mol. The van der Waals surface area contributed by atoms with Crippen LogP contribution in [0.25, 0.3) is 0 Å². The first kappa shape index (κ1) is 12.4. The van der Waals surface area contributed by atoms with Crippen molar-refractivity contribution >= 4 is 11.8 Å². The first-order chi connectivity index (χ1) is 7.63. The van der Waals surface area contributed by atoms with Gasteiger partial charge in [-0.25, -0.2) is 9.78 Å². The van der Waals surface area contributed by atoms with Crippen LogP contribution in [0.3, 0.4) is 0 Å². The van der Waals surface area contributed by atoms with Crippen molar-refractivity contribution in [2.75, 3.05) is 25.6 Å². The number of aliphatic hydroxyl groups excluding tert-OH is 1. The van der Waals surface area contributed by atoms with Crippen molar-refractivity contribution in [1.29, 1.82) is 0 Å². The van der Waals surface area contributed by atoms with Crippen LogP contribution in [-0.2, 0) is 4.74 Å². The highest BCUT2D eigenvalue weighted by Gasteiger charge is 2.06. The first-order valence-corrected chi connectivity index (χ1v) is 4.74. The van der Waals surface area contributed by atoms with Crippen LogP contribution in [0.15, 0.2) is 18.2 Å². The average Bonchev–Trinajstić information content (AvgIpc) is 2.27. The second-order valence-electron chi connectivity index (χ2n) is 3.20. The van der Waals surface area contributed by atoms with E-state index in [1.807, 2.05) is 0 Å². The van der Waals surface area contributed by atoms with E-state index in [1.54, 1.807) is 12.1 Å². The number of nitrogens with one attached hydrogen (secondary N) is 1. The monoisotopic (exact) mass is 226 g/mol. The van der Waals surface area contributed by atoms with E-state index in [0.29, 0.717) is 5.82 Å². The number of aromatic carboxylic acids is 1. The van der Waals surface area contributed by atoms with E-state index in [9.17, 15) is 9.90 Å². The molecule has 1 atom stereocenters. The standard InChI is InChI=1S/C10H14N2O4/c1-16-6-7(13)5-11-9-4-2-3-8(12-9)10(14)15/h2-4,7,13H,5-6H2,1H3,(H,11,12)(H,14,15). The number of carboxylic acids is 1. The van der Waals surface area contributed by atoms with Crippen LogP contribution in [0, 0.1) is 0 Å². The molecule has 0 aliphatic rings. The quantitative estimate of drug-likeness (QED) is 0.641. The Kier molecular flexibility index (Phi) is 4.68. The van der Waals surface area contributed by atoms with Crippen molar-refractivity contribution in [2.24, 2.45) is 0 Å². The molecule has 6 heteroatoms. The number of carbonyl (C=O) groups is 1. The van der Waals surface area contributed by atoms with Gasteiger partial charge in [-0.1, -0.05) is 6.07 Å². The van der Waals surface area contributed by atoms with Crippen LogP contribution in [0.1, 0.15) is 10.5 Å². The maximum atomic E-state index is 10.6. The molecule has 0 radical (unpaired) electrons. The molecule has 0 saturated carbocycles. The summed E-state index contributed by atoms with van der Waals surface area (Å²) in [5.41, 5.74) is -0.0359. The van der Waals surface area contributed by atoms with Crippen LogP contribution in [0.4, 0.5) is 5.82 Å². The van der Waals surface area contributed by atoms with Crippen molar-refractivity contribution in [3.63, 3.8) is 0 Å². The van der Waals surface area contributed by atoms with Crippen molar-refractivity contribution in [3.8, 4) is 0 Å². The minimum atomic E-state index is -1.08. The highest BCUT2D eigenvalue weighted by Crippen LogP contribution is 2.04. The molecule has 1 rings (SSSR count). The van der Waals surface area contributed by atoms with Gasteiger partial charge >= 0.3 is 5.97 Å². The topological polar surface area (TPSA) is 91.7 Å². The zero-order valence-electron chi connectivity index (χ0n) is 8.88. The highest BCUT2D eigenvalue weighted by molar-refractivity contribution is 5.85. The Labute approximate surface area is 92.9 Å². The summed E-state index contributed by atoms with van der Waals surface area (Å²) in [7, 11) is 1.49. The predicted octanol–water partition coefficient (Wildman–Crippen LogP) is 0.199. The summed E-state index contributed by atoms with van der Waals surface area (Å²) >= 11 is 0. The fourth-order valence-corrected chi connectivity index (χ4v) is 1.13. The lowest BCUT2D eigenvalue weighted by atomic mass is 10.3. The maximum absolute atomic E-state index is 10.6. The minimum absolute atomic E-state index is 0.0359. The van der Waals surface area contributed by atoms with Crippen molar-refractivity contribution in [1.82, 2.24) is 4.98 Å². The summed E-state index contributed by atoms with van der Waals surface area (Å²) in [6.07, 6.45) is -0.653. The third-order valence-electron chi connectivity index (χ3n) is 1.85. The molecule has 3 N–H and O–H groups in total. The van der Waals surface area contributed by atoms with E-state index in [-0.39, 0.29) is 18.8 Å². The number of hydrogen-bond donors (Lipinski definition) is 3. The third-order valence-corrected chi connectivity index (χ3v) is 1.85. The molecule has 1 heterocycles. The van der Waals surface area contributed by atoms with Crippen LogP contribution in [0.5, 0.6) is 0 Å². The van der Waals surface area contributed by atoms with Gasteiger partial charge in [0.2, 0.25) is 0 Å². The van der Waals surface area contributed by atoms with Crippen LogP contribution < -0.4 is 5.32 Å². The van der Waals surface area contributed by atoms with Crippen molar-refractivity contribution < 1.29 is 19.7 Å². The van der Waals surface area contributed by atoms with E-state index in [0.717, 1.165) is 0 Å². The van der Waals surface area contributed by atoms with Crippen LogP contribution in [-0.4, -0.2) is 47.5 Å². The molecule has 0 bridgehead atoms. The second kappa shape index (κ2) is 6.04. The summed E-state index contributed by atoms with van der Waals surface area (Å²) in [6.45, 7) is 0.468. The number of aliphatic hydroxyl groups is 1. The van der Waals surface area contributed by atoms with E-state index in [4.69, 9.17) is 9.84 Å². The average molecular weight is 226 g/mol. The first-order valence-electron chi connectivity index (χ1n) is 4.74. The molecule has 0 fully saturated rings. The normalized spacial score (nSPS) is 12.1. The summed E-state index contributed by atoms with van der Waals surface area (Å²) in [5.74, 6) is -0.670. The van der Waals surface area contributed by atoms with Gasteiger partial charge < -0.3 is 20.3 Å². The van der Waals surface area contributed by atoms with Crippen LogP contribution >= 0.6 is 0 Å². The van der Waals surface area contributed by atoms with E-state index < -0.39 is 12.1 Å². The third kappa shape index (κ3) is 3.84. The molecule has 16 heavy (non-hydrogen) atoms. The largest absolute Gasteiger partial charge is 0.477 e. The van der Waals surface area contributed by atoms with Gasteiger partial charge in [0.1, 0.15) is 5.82 Å². The van der Waals surface area contributed by atoms with Crippen molar-refractivity contribution in [2.45, 2.75) is 6.10 Å². The molecule has 1 aromatic heterocycles. The number of hydrogen-bond acceptors (Lipinski definition) is 5. The lowest BCUT2D eigenvalue weighted by molar-refractivity contribution is 0.0690. The molecule has 0 saturated heterocycles. The Morgan fingerprint density at radius 1 is 1.62 bits per heavy atom. The molecule has 1 unspecified atom stereocenters. The number of pyridine rings is 1. The molecule has 6 nitrogen and oxygen atoms in total. The Bertz CT molecular complexity index is 356. The number of anilines is 1. The number of methoxy groups -OCH3 is 1.